The van der Waals surface area contributed by atoms with E-state index >= 15 is 0 Å². The van der Waals surface area contributed by atoms with Crippen molar-refractivity contribution in [1.29, 1.82) is 0 Å². The summed E-state index contributed by atoms with van der Waals surface area (Å²) in [6, 6.07) is 3.81. The van der Waals surface area contributed by atoms with E-state index in [1.165, 1.54) is 30.5 Å². The first-order valence-corrected chi connectivity index (χ1v) is 31.4. The number of hydrogen-bond acceptors (Lipinski definition) is 14. The van der Waals surface area contributed by atoms with Gasteiger partial charge in [-0.05, 0) is 144 Å². The Bertz CT molecular complexity index is 2460. The van der Waals surface area contributed by atoms with Crippen molar-refractivity contribution in [3.8, 4) is 0 Å². The molecule has 6 aliphatic rings. The second kappa shape index (κ2) is 30.5. The number of benzene rings is 1. The quantitative estimate of drug-likeness (QED) is 0.0309. The number of rotatable bonds is 33. The third-order valence-corrected chi connectivity index (χ3v) is 19.3. The van der Waals surface area contributed by atoms with E-state index in [0.29, 0.717) is 113 Å². The van der Waals surface area contributed by atoms with Crippen molar-refractivity contribution in [3.05, 3.63) is 83.2 Å². The first kappa shape index (κ1) is 65.7. The van der Waals surface area contributed by atoms with Crippen LogP contribution in [-0.4, -0.2) is 140 Å². The van der Waals surface area contributed by atoms with E-state index in [9.17, 15) is 42.6 Å². The lowest BCUT2D eigenvalue weighted by molar-refractivity contribution is -0.166. The van der Waals surface area contributed by atoms with Crippen molar-refractivity contribution in [1.82, 2.24) is 31.9 Å². The minimum absolute atomic E-state index is 0.00166. The van der Waals surface area contributed by atoms with Crippen LogP contribution in [0.4, 0.5) is 13.2 Å². The number of unbranched alkanes of at least 4 members (excludes halogenated alkanes) is 1. The number of aliphatic hydroxyl groups excluding tert-OH is 1. The van der Waals surface area contributed by atoms with Crippen LogP contribution in [-0.2, 0) is 34.3 Å². The van der Waals surface area contributed by atoms with E-state index < -0.39 is 53.3 Å². The third kappa shape index (κ3) is 18.8. The van der Waals surface area contributed by atoms with E-state index in [-0.39, 0.29) is 48.3 Å². The maximum absolute atomic E-state index is 13.7. The molecule has 0 spiro atoms. The predicted octanol–water partition coefficient (Wildman–Crippen LogP) is 8.73. The van der Waals surface area contributed by atoms with Gasteiger partial charge in [0.2, 0.25) is 17.7 Å². The van der Waals surface area contributed by atoms with Crippen LogP contribution in [0.25, 0.3) is 0 Å². The molecule has 0 radical (unpaired) electrons. The monoisotopic (exact) mass is 1180 g/mol. The summed E-state index contributed by atoms with van der Waals surface area (Å²) in [6.45, 7) is 19.9. The molecule has 8 N–H and O–H groups in total. The molecule has 7 rings (SSSR count). The highest BCUT2D eigenvalue weighted by atomic mass is 32.2. The van der Waals surface area contributed by atoms with Gasteiger partial charge in [0, 0.05) is 61.3 Å². The van der Waals surface area contributed by atoms with Crippen molar-refractivity contribution < 1.29 is 56.8 Å². The lowest BCUT2D eigenvalue weighted by atomic mass is 9.60. The standard InChI is InChI=1S/C62H93F3N8O9S/c1-40(13-9-27-59(4,5)79)48-23-24-49-43(14-10-28-60(48,49)6)17-18-45-37-47(74)38-51(41(45)2)70-55(76)26-25-50(71-57(77)44-19-21-46(22-20-44)61(72-73-61)62(63,64)65)58(78)67-30-12-32-81-34-36-82-35-33-80-31-11-29-66-54(75)16-8-7-15-53-56-52(39-83-53)68-42(3)69-56/h17-22,40,47-53,56,68-69,74,79H,2-3,7-16,23-39H2,1,4-6H3,(H,66,75)(H,67,78)(H,70,76)(H,71,77)/b43-17+,45-18-/t40-,47-,48-,49+,50?,51+,52+,53?,56+,60-/m1/s1. The van der Waals surface area contributed by atoms with Gasteiger partial charge < -0.3 is 56.3 Å². The molecule has 0 bridgehead atoms. The molecular formula is C62H93F3N8O9S. The van der Waals surface area contributed by atoms with Crippen LogP contribution in [0.3, 0.4) is 0 Å². The molecule has 3 aliphatic carbocycles. The Morgan fingerprint density at radius 2 is 1.57 bits per heavy atom. The highest BCUT2D eigenvalue weighted by Crippen LogP contribution is 2.60. The number of thioether (sulfide) groups is 1. The molecule has 83 heavy (non-hydrogen) atoms. The molecule has 1 aromatic rings. The fraction of sp³-hybridized carbons (Fsp3) is 0.710. The average Bonchev–Trinajstić information content (AvgIpc) is 3.81. The zero-order valence-electron chi connectivity index (χ0n) is 49.4. The van der Waals surface area contributed by atoms with Gasteiger partial charge in [-0.25, -0.2) is 0 Å². The third-order valence-electron chi connectivity index (χ3n) is 17.8. The van der Waals surface area contributed by atoms with Gasteiger partial charge in [-0.15, -0.1) is 10.2 Å². The van der Waals surface area contributed by atoms with Crippen LogP contribution in [0.5, 0.6) is 0 Å². The number of nitrogens with one attached hydrogen (secondary N) is 6. The Balaban J connectivity index is 0.805. The number of halogens is 3. The van der Waals surface area contributed by atoms with E-state index in [4.69, 9.17) is 14.2 Å². The molecule has 0 aromatic heterocycles. The van der Waals surface area contributed by atoms with Crippen LogP contribution in [0.2, 0.25) is 0 Å². The Morgan fingerprint density at radius 1 is 0.880 bits per heavy atom. The molecule has 3 heterocycles. The van der Waals surface area contributed by atoms with Gasteiger partial charge in [0.25, 0.3) is 5.91 Å². The van der Waals surface area contributed by atoms with Crippen molar-refractivity contribution >= 4 is 35.4 Å². The zero-order valence-corrected chi connectivity index (χ0v) is 50.2. The topological polar surface area (TPSA) is 233 Å². The molecule has 2 saturated heterocycles. The number of nitrogens with zero attached hydrogens (tertiary/aromatic N) is 2. The number of allylic oxidation sites excluding steroid dienone is 3. The van der Waals surface area contributed by atoms with Crippen molar-refractivity contribution in [2.24, 2.45) is 33.4 Å². The number of fused-ring (bicyclic) bond motifs is 2. The average molecular weight is 1180 g/mol. The molecule has 1 aromatic carbocycles. The maximum Gasteiger partial charge on any atom is 0.442 e. The molecule has 3 saturated carbocycles. The number of alkyl halides is 3. The minimum atomic E-state index is -4.74. The Hall–Kier alpha value is -4.80. The summed E-state index contributed by atoms with van der Waals surface area (Å²) < 4.78 is 57.9. The summed E-state index contributed by atoms with van der Waals surface area (Å²) in [5.74, 6) is 2.02. The minimum Gasteiger partial charge on any atom is -0.393 e. The molecular weight excluding hydrogens is 1090 g/mol. The molecule has 2 unspecified atom stereocenters. The molecule has 462 valence electrons. The van der Waals surface area contributed by atoms with Crippen LogP contribution in [0.15, 0.2) is 82.3 Å². The number of carbonyl (C=O) groups is 4. The second-order valence-corrected chi connectivity index (χ2v) is 25.9. The fourth-order valence-corrected chi connectivity index (χ4v) is 14.7. The van der Waals surface area contributed by atoms with Gasteiger partial charge in [-0.3, -0.25) is 19.2 Å². The number of aliphatic hydroxyl groups is 2. The Labute approximate surface area is 493 Å². The SMILES string of the molecule is C=C1N[C@H]2CSC(CCCCC(=O)NCCCOCCOCCOCCCNC(=O)C(CCC(=O)N[C@H]3C[C@H](O)C/C(=C/C=C4\CCC[C@]5(C)[C@@H]([C@H](C)CCCC(C)(C)O)CC[C@@H]45)C3=C)NC(=O)c3ccc(C4(C(F)(F)F)N=N4)cc3)[C@H]2N1. The van der Waals surface area contributed by atoms with Gasteiger partial charge >= 0.3 is 11.8 Å². The first-order chi connectivity index (χ1) is 39.6. The van der Waals surface area contributed by atoms with Gasteiger partial charge in [0.05, 0.1) is 62.1 Å². The zero-order chi connectivity index (χ0) is 59.8. The summed E-state index contributed by atoms with van der Waals surface area (Å²) in [7, 11) is 0. The lowest BCUT2D eigenvalue weighted by Gasteiger charge is -2.44. The second-order valence-electron chi connectivity index (χ2n) is 24.7. The number of hydrogen-bond donors (Lipinski definition) is 8. The van der Waals surface area contributed by atoms with E-state index in [0.717, 1.165) is 87.1 Å². The summed E-state index contributed by atoms with van der Waals surface area (Å²) in [5, 5.41) is 46.6. The molecule has 4 amide bonds. The molecule has 10 atom stereocenters. The normalized spacial score (nSPS) is 27.1. The maximum atomic E-state index is 13.7. The highest BCUT2D eigenvalue weighted by Gasteiger charge is 2.65. The summed E-state index contributed by atoms with van der Waals surface area (Å²) in [4.78, 5) is 53.1. The van der Waals surface area contributed by atoms with E-state index in [2.05, 4.69) is 81.3 Å². The van der Waals surface area contributed by atoms with E-state index in [1.807, 2.05) is 25.6 Å². The molecule has 5 fully saturated rings. The van der Waals surface area contributed by atoms with Gasteiger partial charge in [-0.2, -0.15) is 24.9 Å². The largest absolute Gasteiger partial charge is 0.442 e. The van der Waals surface area contributed by atoms with E-state index in [1.54, 1.807) is 0 Å². The van der Waals surface area contributed by atoms with Crippen LogP contribution >= 0.6 is 11.8 Å². The number of carbonyl (C=O) groups excluding carboxylic acids is 4. The van der Waals surface area contributed by atoms with Gasteiger partial charge in [0.1, 0.15) is 6.04 Å². The smallest absolute Gasteiger partial charge is 0.393 e. The van der Waals surface area contributed by atoms with Crippen LogP contribution in [0, 0.1) is 23.2 Å². The van der Waals surface area contributed by atoms with Crippen molar-refractivity contribution in [2.75, 3.05) is 58.5 Å². The fourth-order valence-electron chi connectivity index (χ4n) is 13.2. The Kier molecular flexibility index (Phi) is 24.2. The Morgan fingerprint density at radius 3 is 2.24 bits per heavy atom. The van der Waals surface area contributed by atoms with Gasteiger partial charge in [-0.1, -0.05) is 76.1 Å². The van der Waals surface area contributed by atoms with Crippen LogP contribution < -0.4 is 31.9 Å². The number of ether oxygens (including phenoxy) is 3. The summed E-state index contributed by atoms with van der Waals surface area (Å²) in [5.41, 5.74) is -0.344. The predicted molar refractivity (Wildman–Crippen MR) is 315 cm³/mol. The lowest BCUT2D eigenvalue weighted by Crippen LogP contribution is -2.48. The highest BCUT2D eigenvalue weighted by molar-refractivity contribution is 8.00. The molecule has 17 nitrogen and oxygen atoms in total. The summed E-state index contributed by atoms with van der Waals surface area (Å²) >= 11 is 1.99. The number of amides is 4. The van der Waals surface area contributed by atoms with Crippen LogP contribution in [0.1, 0.15) is 159 Å². The van der Waals surface area contributed by atoms with Gasteiger partial charge in [0.15, 0.2) is 0 Å². The van der Waals surface area contributed by atoms with Crippen molar-refractivity contribution in [2.45, 2.75) is 196 Å². The molecule has 21 heteroatoms. The van der Waals surface area contributed by atoms with Crippen molar-refractivity contribution in [3.63, 3.8) is 0 Å². The molecule has 3 aliphatic heterocycles. The first-order valence-electron chi connectivity index (χ1n) is 30.4. The summed E-state index contributed by atoms with van der Waals surface area (Å²) in [6.07, 6.45) is 12.4.